The highest BCUT2D eigenvalue weighted by atomic mass is 16.3. The third-order valence-electron chi connectivity index (χ3n) is 7.20. The summed E-state index contributed by atoms with van der Waals surface area (Å²) < 4.78 is 6.33. The van der Waals surface area contributed by atoms with Crippen molar-refractivity contribution < 1.29 is 4.42 Å². The van der Waals surface area contributed by atoms with Gasteiger partial charge in [-0.1, -0.05) is 84.9 Å². The molecule has 1 aliphatic carbocycles. The highest BCUT2D eigenvalue weighted by Crippen LogP contribution is 2.49. The predicted molar refractivity (Wildman–Crippen MR) is 139 cm³/mol. The first-order chi connectivity index (χ1) is 16.4. The smallest absolute Gasteiger partial charge is 0.143 e. The summed E-state index contributed by atoms with van der Waals surface area (Å²) in [5.41, 5.74) is 9.71. The van der Waals surface area contributed by atoms with E-state index >= 15 is 0 Å². The van der Waals surface area contributed by atoms with Gasteiger partial charge in [0.15, 0.2) is 0 Å². The van der Waals surface area contributed by atoms with E-state index in [1.165, 1.54) is 60.3 Å². The van der Waals surface area contributed by atoms with E-state index in [9.17, 15) is 0 Å². The van der Waals surface area contributed by atoms with Crippen LogP contribution >= 0.6 is 0 Å². The van der Waals surface area contributed by atoms with Crippen molar-refractivity contribution in [3.05, 3.63) is 109 Å². The molecule has 1 aromatic heterocycles. The molecule has 0 radical (unpaired) electrons. The molecule has 152 valence electrons. The summed E-state index contributed by atoms with van der Waals surface area (Å²) >= 11 is 0. The van der Waals surface area contributed by atoms with E-state index in [0.717, 1.165) is 16.6 Å². The van der Waals surface area contributed by atoms with Crippen LogP contribution in [0.5, 0.6) is 0 Å². The predicted octanol–water partition coefficient (Wildman–Crippen LogP) is 9.21. The van der Waals surface area contributed by atoms with Crippen molar-refractivity contribution in [1.82, 2.24) is 0 Å². The minimum atomic E-state index is 0.938. The van der Waals surface area contributed by atoms with Crippen molar-refractivity contribution in [1.29, 1.82) is 0 Å². The Balaban J connectivity index is 1.45. The molecule has 0 amide bonds. The molecule has 0 saturated heterocycles. The molecule has 0 saturated carbocycles. The second-order valence-corrected chi connectivity index (χ2v) is 8.91. The molecule has 0 atom stereocenters. The van der Waals surface area contributed by atoms with Gasteiger partial charge in [0.1, 0.15) is 11.2 Å². The van der Waals surface area contributed by atoms with Gasteiger partial charge in [0.25, 0.3) is 0 Å². The molecule has 1 aliphatic rings. The van der Waals surface area contributed by atoms with E-state index in [0.29, 0.717) is 0 Å². The summed E-state index contributed by atoms with van der Waals surface area (Å²) in [7, 11) is 0. The van der Waals surface area contributed by atoms with Crippen molar-refractivity contribution in [2.75, 3.05) is 0 Å². The Morgan fingerprint density at radius 1 is 0.424 bits per heavy atom. The fourth-order valence-electron chi connectivity index (χ4n) is 5.77. The van der Waals surface area contributed by atoms with E-state index in [1.807, 2.05) is 12.1 Å². The lowest BCUT2D eigenvalue weighted by molar-refractivity contribution is 0.672. The normalized spacial score (nSPS) is 12.2. The van der Waals surface area contributed by atoms with Crippen LogP contribution in [0.15, 0.2) is 114 Å². The first-order valence-corrected chi connectivity index (χ1v) is 11.4. The summed E-state index contributed by atoms with van der Waals surface area (Å²) in [4.78, 5) is 0. The van der Waals surface area contributed by atoms with Crippen LogP contribution in [0.3, 0.4) is 0 Å². The lowest BCUT2D eigenvalue weighted by atomic mass is 9.92. The van der Waals surface area contributed by atoms with Crippen molar-refractivity contribution in [3.63, 3.8) is 0 Å². The molecular formula is C32H18O. The number of para-hydroxylation sites is 1. The summed E-state index contributed by atoms with van der Waals surface area (Å²) in [5.74, 6) is 0. The average Bonchev–Trinajstić information content (AvgIpc) is 3.41. The monoisotopic (exact) mass is 418 g/mol. The van der Waals surface area contributed by atoms with E-state index in [4.69, 9.17) is 4.42 Å². The minimum Gasteiger partial charge on any atom is -0.455 e. The zero-order chi connectivity index (χ0) is 21.5. The molecule has 33 heavy (non-hydrogen) atoms. The van der Waals surface area contributed by atoms with Gasteiger partial charge in [0.05, 0.1) is 0 Å². The van der Waals surface area contributed by atoms with Crippen LogP contribution < -0.4 is 0 Å². The third-order valence-corrected chi connectivity index (χ3v) is 7.20. The van der Waals surface area contributed by atoms with Gasteiger partial charge >= 0.3 is 0 Å². The van der Waals surface area contributed by atoms with Crippen LogP contribution in [-0.2, 0) is 0 Å². The van der Waals surface area contributed by atoms with Crippen LogP contribution in [0, 0.1) is 0 Å². The summed E-state index contributed by atoms with van der Waals surface area (Å²) in [5, 5.41) is 7.37. The van der Waals surface area contributed by atoms with E-state index in [1.54, 1.807) is 0 Å². The number of hydrogen-bond acceptors (Lipinski definition) is 1. The molecule has 7 aromatic rings. The molecule has 1 heterocycles. The van der Waals surface area contributed by atoms with Crippen LogP contribution in [0.2, 0.25) is 0 Å². The molecule has 1 nitrogen and oxygen atoms in total. The largest absolute Gasteiger partial charge is 0.455 e. The number of hydrogen-bond donors (Lipinski definition) is 0. The number of rotatable bonds is 1. The molecule has 0 aliphatic heterocycles. The van der Waals surface area contributed by atoms with Gasteiger partial charge in [-0.25, -0.2) is 0 Å². The molecule has 0 N–H and O–H groups in total. The van der Waals surface area contributed by atoms with Gasteiger partial charge in [-0.05, 0) is 73.8 Å². The average molecular weight is 418 g/mol. The van der Waals surface area contributed by atoms with Gasteiger partial charge in [0.2, 0.25) is 0 Å². The topological polar surface area (TPSA) is 13.1 Å². The second kappa shape index (κ2) is 6.11. The Bertz CT molecular complexity index is 1920. The highest BCUT2D eigenvalue weighted by Gasteiger charge is 2.22. The quantitative estimate of drug-likeness (QED) is 0.259. The van der Waals surface area contributed by atoms with Crippen LogP contribution in [0.1, 0.15) is 0 Å². The van der Waals surface area contributed by atoms with Crippen molar-refractivity contribution in [2.45, 2.75) is 0 Å². The fourth-order valence-corrected chi connectivity index (χ4v) is 5.77. The Morgan fingerprint density at radius 3 is 2.03 bits per heavy atom. The summed E-state index contributed by atoms with van der Waals surface area (Å²) in [6.07, 6.45) is 0. The number of furan rings is 1. The lowest BCUT2D eigenvalue weighted by Gasteiger charge is -2.11. The van der Waals surface area contributed by atoms with E-state index < -0.39 is 0 Å². The van der Waals surface area contributed by atoms with Crippen molar-refractivity contribution in [3.8, 4) is 33.4 Å². The van der Waals surface area contributed by atoms with E-state index in [-0.39, 0.29) is 0 Å². The first-order valence-electron chi connectivity index (χ1n) is 11.4. The van der Waals surface area contributed by atoms with Crippen molar-refractivity contribution >= 4 is 43.5 Å². The fraction of sp³-hybridized carbons (Fsp3) is 0. The van der Waals surface area contributed by atoms with Crippen LogP contribution in [0.25, 0.3) is 76.9 Å². The zero-order valence-electron chi connectivity index (χ0n) is 17.8. The van der Waals surface area contributed by atoms with Gasteiger partial charge in [0, 0.05) is 16.2 Å². The van der Waals surface area contributed by atoms with Crippen LogP contribution in [0.4, 0.5) is 0 Å². The van der Waals surface area contributed by atoms with Gasteiger partial charge in [-0.3, -0.25) is 0 Å². The Labute approximate surface area is 190 Å². The molecule has 0 unspecified atom stereocenters. The third kappa shape index (κ3) is 2.21. The molecule has 1 heteroatoms. The maximum Gasteiger partial charge on any atom is 0.143 e. The van der Waals surface area contributed by atoms with Gasteiger partial charge in [-0.2, -0.15) is 0 Å². The lowest BCUT2D eigenvalue weighted by Crippen LogP contribution is -1.85. The first kappa shape index (κ1) is 17.2. The molecule has 0 fully saturated rings. The molecular weight excluding hydrogens is 400 g/mol. The number of fused-ring (bicyclic) bond motifs is 8. The molecule has 6 aromatic carbocycles. The zero-order valence-corrected chi connectivity index (χ0v) is 17.8. The Hall–Kier alpha value is -4.36. The minimum absolute atomic E-state index is 0.938. The Kier molecular flexibility index (Phi) is 3.19. The maximum absolute atomic E-state index is 6.33. The van der Waals surface area contributed by atoms with Crippen molar-refractivity contribution in [2.24, 2.45) is 0 Å². The van der Waals surface area contributed by atoms with Crippen LogP contribution in [-0.4, -0.2) is 0 Å². The van der Waals surface area contributed by atoms with Gasteiger partial charge < -0.3 is 4.42 Å². The maximum atomic E-state index is 6.33. The summed E-state index contributed by atoms with van der Waals surface area (Å²) in [6.45, 7) is 0. The SMILES string of the molecule is c1ccc2c(c1)-c1cccc3cc(-c4cccc5c4ccc4c6ccccc6oc54)cc-2c13. The molecule has 0 spiro atoms. The molecule has 8 rings (SSSR count). The van der Waals surface area contributed by atoms with Gasteiger partial charge in [-0.15, -0.1) is 0 Å². The highest BCUT2D eigenvalue weighted by molar-refractivity contribution is 6.19. The second-order valence-electron chi connectivity index (χ2n) is 8.91. The molecule has 0 bridgehead atoms. The Morgan fingerprint density at radius 2 is 1.09 bits per heavy atom. The standard InChI is InChI=1S/C32H18O/c1-2-9-23-22(8-1)26-12-5-7-19-17-20(18-29(23)31(19)26)21-11-6-13-27-24(21)15-16-28-25-10-3-4-14-30(25)33-32(27)28/h1-18H. The summed E-state index contributed by atoms with van der Waals surface area (Å²) in [6, 6.07) is 39.4. The number of benzene rings is 6. The van der Waals surface area contributed by atoms with E-state index in [2.05, 4.69) is 97.1 Å².